The number of benzene rings is 1. The van der Waals surface area contributed by atoms with E-state index in [1.807, 2.05) is 30.3 Å². The fourth-order valence-corrected chi connectivity index (χ4v) is 3.83. The fourth-order valence-electron chi connectivity index (χ4n) is 3.83. The number of para-hydroxylation sites is 1. The Hall–Kier alpha value is -3.23. The third-order valence-electron chi connectivity index (χ3n) is 5.35. The van der Waals surface area contributed by atoms with Gasteiger partial charge in [-0.3, -0.25) is 9.80 Å². The number of amides is 1. The van der Waals surface area contributed by atoms with Gasteiger partial charge in [0.2, 0.25) is 5.91 Å². The monoisotopic (exact) mass is 410 g/mol. The summed E-state index contributed by atoms with van der Waals surface area (Å²) >= 11 is 0. The number of nitrogens with one attached hydrogen (secondary N) is 1. The van der Waals surface area contributed by atoms with Crippen LogP contribution in [-0.2, 0) is 33.8 Å². The molecule has 9 heteroatoms. The molecule has 4 rings (SSSR count). The summed E-state index contributed by atoms with van der Waals surface area (Å²) in [5, 5.41) is 17.5. The predicted molar refractivity (Wildman–Crippen MR) is 111 cm³/mol. The molecule has 1 atom stereocenters. The van der Waals surface area contributed by atoms with Crippen LogP contribution in [0.5, 0.6) is 0 Å². The number of nitrogens with zero attached hydrogens (tertiary/aromatic N) is 5. The molecule has 0 radical (unpaired) electrons. The Morgan fingerprint density at radius 1 is 1.17 bits per heavy atom. The average molecular weight is 410 g/mol. The Bertz CT molecular complexity index is 939. The molecular weight excluding hydrogens is 384 g/mol. The fraction of sp³-hybridized carbons (Fsp3) is 0.476. The Morgan fingerprint density at radius 3 is 2.80 bits per heavy atom. The number of hydrogen-bond acceptors (Lipinski definition) is 7. The molecule has 1 amide bonds. The molecule has 30 heavy (non-hydrogen) atoms. The summed E-state index contributed by atoms with van der Waals surface area (Å²) in [5.41, 5.74) is 0.991. The molecule has 9 nitrogen and oxygen atoms in total. The van der Waals surface area contributed by atoms with Gasteiger partial charge in [-0.2, -0.15) is 5.10 Å². The molecule has 1 aromatic carbocycles. The number of hydrazone groups is 1. The van der Waals surface area contributed by atoms with Gasteiger partial charge < -0.3 is 14.6 Å². The van der Waals surface area contributed by atoms with E-state index in [2.05, 4.69) is 25.2 Å². The highest BCUT2D eigenvalue weighted by Gasteiger charge is 2.36. The van der Waals surface area contributed by atoms with Gasteiger partial charge in [-0.1, -0.05) is 24.6 Å². The number of rotatable bonds is 6. The molecular formula is C21H26N6O3. The number of esters is 1. The zero-order chi connectivity index (χ0) is 20.9. The number of carbonyl (C=O) groups excluding carboxylic acids is 2. The van der Waals surface area contributed by atoms with Gasteiger partial charge >= 0.3 is 5.97 Å². The van der Waals surface area contributed by atoms with Gasteiger partial charge in [0.05, 0.1) is 18.8 Å². The first-order chi connectivity index (χ1) is 14.7. The van der Waals surface area contributed by atoms with Gasteiger partial charge in [-0.05, 0) is 31.9 Å². The Kier molecular flexibility index (Phi) is 6.06. The molecule has 2 aliphatic rings. The lowest BCUT2D eigenvalue weighted by Gasteiger charge is -2.22. The van der Waals surface area contributed by atoms with Crippen molar-refractivity contribution in [3.8, 4) is 0 Å². The summed E-state index contributed by atoms with van der Waals surface area (Å²) in [7, 11) is 0. The first-order valence-electron chi connectivity index (χ1n) is 10.4. The zero-order valence-electron chi connectivity index (χ0n) is 17.1. The van der Waals surface area contributed by atoms with E-state index in [-0.39, 0.29) is 24.6 Å². The molecule has 158 valence electrons. The molecule has 0 aliphatic carbocycles. The highest BCUT2D eigenvalue weighted by molar-refractivity contribution is 6.38. The zero-order valence-corrected chi connectivity index (χ0v) is 17.1. The molecule has 0 spiro atoms. The molecule has 0 saturated carbocycles. The van der Waals surface area contributed by atoms with Crippen LogP contribution < -0.4 is 10.3 Å². The molecule has 1 unspecified atom stereocenters. The van der Waals surface area contributed by atoms with Crippen LogP contribution in [0.4, 0.5) is 5.69 Å². The topological polar surface area (TPSA) is 102 Å². The summed E-state index contributed by atoms with van der Waals surface area (Å²) in [6.07, 6.45) is 4.50. The third-order valence-corrected chi connectivity index (χ3v) is 5.35. The van der Waals surface area contributed by atoms with E-state index >= 15 is 0 Å². The second kappa shape index (κ2) is 9.06. The van der Waals surface area contributed by atoms with Crippen molar-refractivity contribution in [1.29, 1.82) is 0 Å². The van der Waals surface area contributed by atoms with E-state index in [1.165, 1.54) is 6.42 Å². The van der Waals surface area contributed by atoms with E-state index in [0.717, 1.165) is 43.1 Å². The normalized spacial score (nSPS) is 18.4. The molecule has 0 fully saturated rings. The van der Waals surface area contributed by atoms with Gasteiger partial charge in [0.1, 0.15) is 17.6 Å². The van der Waals surface area contributed by atoms with Crippen molar-refractivity contribution in [2.45, 2.75) is 58.2 Å². The molecule has 0 saturated heterocycles. The van der Waals surface area contributed by atoms with Crippen LogP contribution in [0.3, 0.4) is 0 Å². The first-order valence-corrected chi connectivity index (χ1v) is 10.4. The first kappa shape index (κ1) is 20.1. The van der Waals surface area contributed by atoms with Crippen molar-refractivity contribution < 1.29 is 14.3 Å². The number of aromatic nitrogens is 3. The summed E-state index contributed by atoms with van der Waals surface area (Å²) in [6, 6.07) is 8.72. The van der Waals surface area contributed by atoms with Gasteiger partial charge in [0, 0.05) is 19.4 Å². The highest BCUT2D eigenvalue weighted by atomic mass is 16.5. The van der Waals surface area contributed by atoms with E-state index in [4.69, 9.17) is 4.74 Å². The Balaban J connectivity index is 1.48. The standard InChI is InChI=1S/C21H26N6O3/c1-2-30-21(29)16-13-17(27(25-16)15-9-5-3-6-10-15)20(28)22-14-19-24-23-18-11-7-4-8-12-26(18)19/h3,5-6,9-10,17H,2,4,7-8,11-14H2,1H3,(H,22,28). The van der Waals surface area contributed by atoms with E-state index in [0.29, 0.717) is 6.54 Å². The number of anilines is 1. The van der Waals surface area contributed by atoms with Crippen LogP contribution in [0, 0.1) is 0 Å². The number of hydrogen-bond donors (Lipinski definition) is 1. The average Bonchev–Trinajstić information content (AvgIpc) is 3.31. The quantitative estimate of drug-likeness (QED) is 0.729. The summed E-state index contributed by atoms with van der Waals surface area (Å²) in [4.78, 5) is 25.2. The minimum absolute atomic E-state index is 0.192. The number of carbonyl (C=O) groups is 2. The Labute approximate surface area is 175 Å². The lowest BCUT2D eigenvalue weighted by molar-refractivity contribution is -0.135. The van der Waals surface area contributed by atoms with Crippen LogP contribution in [-0.4, -0.2) is 45.0 Å². The van der Waals surface area contributed by atoms with Crippen molar-refractivity contribution in [2.75, 3.05) is 11.6 Å². The van der Waals surface area contributed by atoms with Crippen molar-refractivity contribution >= 4 is 23.3 Å². The minimum Gasteiger partial charge on any atom is -0.461 e. The second-order valence-electron chi connectivity index (χ2n) is 7.38. The number of aryl methyl sites for hydroxylation is 1. The van der Waals surface area contributed by atoms with Crippen molar-refractivity contribution in [1.82, 2.24) is 20.1 Å². The van der Waals surface area contributed by atoms with Crippen molar-refractivity contribution in [3.05, 3.63) is 42.0 Å². The maximum absolute atomic E-state index is 13.1. The molecule has 1 N–H and O–H groups in total. The van der Waals surface area contributed by atoms with Gasteiger partial charge in [0.15, 0.2) is 5.82 Å². The van der Waals surface area contributed by atoms with Crippen molar-refractivity contribution in [3.63, 3.8) is 0 Å². The Morgan fingerprint density at radius 2 is 2.00 bits per heavy atom. The van der Waals surface area contributed by atoms with Gasteiger partial charge in [0.25, 0.3) is 0 Å². The molecule has 2 aliphatic heterocycles. The predicted octanol–water partition coefficient (Wildman–Crippen LogP) is 1.82. The molecule has 2 aromatic rings. The maximum atomic E-state index is 13.1. The maximum Gasteiger partial charge on any atom is 0.354 e. The van der Waals surface area contributed by atoms with E-state index in [9.17, 15) is 9.59 Å². The van der Waals surface area contributed by atoms with Crippen LogP contribution in [0.1, 0.15) is 44.3 Å². The lowest BCUT2D eigenvalue weighted by atomic mass is 10.1. The number of fused-ring (bicyclic) bond motifs is 1. The molecule has 1 aromatic heterocycles. The van der Waals surface area contributed by atoms with Crippen molar-refractivity contribution in [2.24, 2.45) is 5.10 Å². The van der Waals surface area contributed by atoms with E-state index < -0.39 is 12.0 Å². The summed E-state index contributed by atoms with van der Waals surface area (Å²) in [6.45, 7) is 3.18. The van der Waals surface area contributed by atoms with Gasteiger partial charge in [-0.25, -0.2) is 4.79 Å². The minimum atomic E-state index is -0.627. The van der Waals surface area contributed by atoms with Gasteiger partial charge in [-0.15, -0.1) is 10.2 Å². The lowest BCUT2D eigenvalue weighted by Crippen LogP contribution is -2.42. The smallest absolute Gasteiger partial charge is 0.354 e. The van der Waals surface area contributed by atoms with Crippen LogP contribution in [0.2, 0.25) is 0 Å². The molecule has 3 heterocycles. The summed E-state index contributed by atoms with van der Waals surface area (Å²) in [5.74, 6) is 1.04. The largest absolute Gasteiger partial charge is 0.461 e. The van der Waals surface area contributed by atoms with Crippen LogP contribution >= 0.6 is 0 Å². The van der Waals surface area contributed by atoms with Crippen LogP contribution in [0.15, 0.2) is 35.4 Å². The second-order valence-corrected chi connectivity index (χ2v) is 7.38. The SMILES string of the molecule is CCOC(=O)C1=NN(c2ccccc2)C(C(=O)NCc2nnc3n2CCCCC3)C1. The van der Waals surface area contributed by atoms with Crippen LogP contribution in [0.25, 0.3) is 0 Å². The molecule has 0 bridgehead atoms. The highest BCUT2D eigenvalue weighted by Crippen LogP contribution is 2.25. The third kappa shape index (κ3) is 4.19. The summed E-state index contributed by atoms with van der Waals surface area (Å²) < 4.78 is 7.19. The number of ether oxygens (including phenoxy) is 1. The van der Waals surface area contributed by atoms with E-state index in [1.54, 1.807) is 11.9 Å².